The number of anilines is 1. The normalized spacial score (nSPS) is 10.8. The molecule has 1 aromatic heterocycles. The summed E-state index contributed by atoms with van der Waals surface area (Å²) in [6.07, 6.45) is 2.88. The molecule has 0 aromatic carbocycles. The zero-order valence-electron chi connectivity index (χ0n) is 12.0. The van der Waals surface area contributed by atoms with Gasteiger partial charge in [-0.2, -0.15) is 4.39 Å². The molecule has 3 nitrogen and oxygen atoms in total. The molecule has 0 atom stereocenters. The van der Waals surface area contributed by atoms with Gasteiger partial charge in [0.1, 0.15) is 0 Å². The molecule has 2 rings (SSSR count). The maximum atomic E-state index is 13.0. The van der Waals surface area contributed by atoms with E-state index >= 15 is 0 Å². The van der Waals surface area contributed by atoms with Crippen LogP contribution in [0.5, 0.6) is 0 Å². The summed E-state index contributed by atoms with van der Waals surface area (Å²) in [6, 6.07) is 0. The van der Waals surface area contributed by atoms with E-state index in [2.05, 4.69) is 23.9 Å². The van der Waals surface area contributed by atoms with Crippen LogP contribution in [-0.2, 0) is 12.8 Å². The summed E-state index contributed by atoms with van der Waals surface area (Å²) < 4.78 is 13.0. The molecule has 0 bridgehead atoms. The Balaban J connectivity index is 0. The summed E-state index contributed by atoms with van der Waals surface area (Å²) in [5.74, 6) is -0.409. The lowest BCUT2D eigenvalue weighted by molar-refractivity contribution is 0.569. The van der Waals surface area contributed by atoms with Crippen molar-refractivity contribution in [3.05, 3.63) is 35.9 Å². The molecular formula is C14H26FN3. The molecule has 0 saturated heterocycles. The van der Waals surface area contributed by atoms with Crippen molar-refractivity contribution in [1.29, 1.82) is 0 Å². The Morgan fingerprint density at radius 2 is 1.67 bits per heavy atom. The van der Waals surface area contributed by atoms with Crippen LogP contribution in [-0.4, -0.2) is 12.0 Å². The molecule has 18 heavy (non-hydrogen) atoms. The van der Waals surface area contributed by atoms with Crippen LogP contribution in [0.1, 0.15) is 37.1 Å². The number of pyridine rings is 1. The van der Waals surface area contributed by atoms with E-state index in [1.165, 1.54) is 7.05 Å². The molecule has 0 fully saturated rings. The van der Waals surface area contributed by atoms with Gasteiger partial charge in [0, 0.05) is 16.9 Å². The van der Waals surface area contributed by atoms with E-state index in [0.717, 1.165) is 30.5 Å². The highest BCUT2D eigenvalue weighted by molar-refractivity contribution is 5.55. The van der Waals surface area contributed by atoms with Gasteiger partial charge in [0.15, 0.2) is 0 Å². The predicted octanol–water partition coefficient (Wildman–Crippen LogP) is 3.00. The number of nitrogen functional groups attached to an aromatic ring is 1. The smallest absolute Gasteiger partial charge is 0.218 e. The van der Waals surface area contributed by atoms with Gasteiger partial charge in [-0.25, -0.2) is 4.98 Å². The standard InChI is InChI=1S/C9H11FN2.C2H6.C2H4.CH5N/c1-5-8(11)6-3-2-4-7(6)12-9(5)10;3*1-2/h2-4H2,1H3,(H2,11,12);1-2H3;1-2H2;2H2,1H3. The van der Waals surface area contributed by atoms with E-state index in [4.69, 9.17) is 5.73 Å². The van der Waals surface area contributed by atoms with Gasteiger partial charge in [-0.15, -0.1) is 13.2 Å². The number of halogens is 1. The summed E-state index contributed by atoms with van der Waals surface area (Å²) in [4.78, 5) is 3.87. The Bertz CT molecular complexity index is 351. The van der Waals surface area contributed by atoms with Gasteiger partial charge >= 0.3 is 0 Å². The fourth-order valence-corrected chi connectivity index (χ4v) is 1.68. The first-order chi connectivity index (χ1) is 8.70. The molecule has 0 saturated carbocycles. The SMILES string of the molecule is C=C.CC.CN.Cc1c(F)nc2c(c1N)CCC2. The van der Waals surface area contributed by atoms with Gasteiger partial charge in [-0.1, -0.05) is 13.8 Å². The van der Waals surface area contributed by atoms with Crippen molar-refractivity contribution in [3.8, 4) is 0 Å². The number of hydrogen-bond donors (Lipinski definition) is 2. The Kier molecular flexibility index (Phi) is 11.3. The van der Waals surface area contributed by atoms with Crippen LogP contribution in [0, 0.1) is 12.9 Å². The molecule has 104 valence electrons. The van der Waals surface area contributed by atoms with Gasteiger partial charge in [0.05, 0.1) is 0 Å². The maximum absolute atomic E-state index is 13.0. The van der Waals surface area contributed by atoms with Crippen LogP contribution in [0.2, 0.25) is 0 Å². The second-order valence-electron chi connectivity index (χ2n) is 3.22. The average molecular weight is 255 g/mol. The van der Waals surface area contributed by atoms with Gasteiger partial charge in [-0.3, -0.25) is 0 Å². The zero-order chi connectivity index (χ0) is 14.7. The summed E-state index contributed by atoms with van der Waals surface area (Å²) in [7, 11) is 1.50. The lowest BCUT2D eigenvalue weighted by atomic mass is 10.1. The van der Waals surface area contributed by atoms with Crippen molar-refractivity contribution >= 4 is 5.69 Å². The number of hydrogen-bond acceptors (Lipinski definition) is 3. The highest BCUT2D eigenvalue weighted by Gasteiger charge is 2.18. The number of nitrogens with two attached hydrogens (primary N) is 2. The van der Waals surface area contributed by atoms with Crippen LogP contribution < -0.4 is 11.5 Å². The molecule has 0 aliphatic heterocycles. The Morgan fingerprint density at radius 3 is 2.17 bits per heavy atom. The molecule has 4 heteroatoms. The van der Waals surface area contributed by atoms with Crippen molar-refractivity contribution in [2.45, 2.75) is 40.0 Å². The van der Waals surface area contributed by atoms with Crippen LogP contribution in [0.15, 0.2) is 13.2 Å². The fraction of sp³-hybridized carbons (Fsp3) is 0.500. The minimum absolute atomic E-state index is 0.409. The predicted molar refractivity (Wildman–Crippen MR) is 78.1 cm³/mol. The number of rotatable bonds is 0. The van der Waals surface area contributed by atoms with Gasteiger partial charge in [0.2, 0.25) is 5.95 Å². The van der Waals surface area contributed by atoms with E-state index in [0.29, 0.717) is 11.3 Å². The van der Waals surface area contributed by atoms with Crippen LogP contribution >= 0.6 is 0 Å². The molecule has 0 spiro atoms. The van der Waals surface area contributed by atoms with Gasteiger partial charge in [-0.05, 0) is 38.8 Å². The largest absolute Gasteiger partial charge is 0.398 e. The van der Waals surface area contributed by atoms with Crippen LogP contribution in [0.25, 0.3) is 0 Å². The number of aryl methyl sites for hydroxylation is 1. The van der Waals surface area contributed by atoms with Crippen molar-refractivity contribution in [1.82, 2.24) is 4.98 Å². The molecule has 1 aliphatic rings. The van der Waals surface area contributed by atoms with Crippen LogP contribution in [0.4, 0.5) is 10.1 Å². The molecule has 0 amide bonds. The Hall–Kier alpha value is -1.42. The van der Waals surface area contributed by atoms with Crippen molar-refractivity contribution in [3.63, 3.8) is 0 Å². The third-order valence-corrected chi connectivity index (χ3v) is 2.46. The minimum Gasteiger partial charge on any atom is -0.398 e. The fourth-order valence-electron chi connectivity index (χ4n) is 1.68. The summed E-state index contributed by atoms with van der Waals surface area (Å²) in [5.41, 5.74) is 13.3. The van der Waals surface area contributed by atoms with Crippen molar-refractivity contribution in [2.75, 3.05) is 12.8 Å². The minimum atomic E-state index is -0.409. The quantitative estimate of drug-likeness (QED) is 0.553. The van der Waals surface area contributed by atoms with Crippen LogP contribution in [0.3, 0.4) is 0 Å². The highest BCUT2D eigenvalue weighted by Crippen LogP contribution is 2.28. The first-order valence-electron chi connectivity index (χ1n) is 6.21. The molecule has 1 aliphatic carbocycles. The first-order valence-corrected chi connectivity index (χ1v) is 6.21. The second-order valence-corrected chi connectivity index (χ2v) is 3.22. The number of nitrogens with zero attached hydrogens (tertiary/aromatic N) is 1. The highest BCUT2D eigenvalue weighted by atomic mass is 19.1. The first kappa shape index (κ1) is 18.9. The van der Waals surface area contributed by atoms with Crippen molar-refractivity contribution in [2.24, 2.45) is 5.73 Å². The topological polar surface area (TPSA) is 64.9 Å². The molecule has 4 N–H and O–H groups in total. The number of aromatic nitrogens is 1. The monoisotopic (exact) mass is 255 g/mol. The maximum Gasteiger partial charge on any atom is 0.218 e. The Morgan fingerprint density at radius 1 is 1.17 bits per heavy atom. The molecule has 1 aromatic rings. The average Bonchev–Trinajstić information content (AvgIpc) is 2.91. The summed E-state index contributed by atoms with van der Waals surface area (Å²) >= 11 is 0. The second kappa shape index (κ2) is 10.7. The summed E-state index contributed by atoms with van der Waals surface area (Å²) in [6.45, 7) is 11.7. The third kappa shape index (κ3) is 4.45. The molecule has 0 radical (unpaired) electrons. The van der Waals surface area contributed by atoms with E-state index < -0.39 is 5.95 Å². The summed E-state index contributed by atoms with van der Waals surface area (Å²) in [5, 5.41) is 0. The lowest BCUT2D eigenvalue weighted by Gasteiger charge is -2.06. The van der Waals surface area contributed by atoms with E-state index in [1.807, 2.05) is 13.8 Å². The zero-order valence-corrected chi connectivity index (χ0v) is 12.0. The van der Waals surface area contributed by atoms with Gasteiger partial charge in [0.25, 0.3) is 0 Å². The van der Waals surface area contributed by atoms with Crippen molar-refractivity contribution < 1.29 is 4.39 Å². The number of fused-ring (bicyclic) bond motifs is 1. The van der Waals surface area contributed by atoms with E-state index in [9.17, 15) is 4.39 Å². The molecule has 1 heterocycles. The lowest BCUT2D eigenvalue weighted by Crippen LogP contribution is -2.03. The Labute approximate surface area is 110 Å². The van der Waals surface area contributed by atoms with Gasteiger partial charge < -0.3 is 11.5 Å². The third-order valence-electron chi connectivity index (χ3n) is 2.46. The molecule has 0 unspecified atom stereocenters. The van der Waals surface area contributed by atoms with E-state index in [1.54, 1.807) is 6.92 Å². The van der Waals surface area contributed by atoms with E-state index in [-0.39, 0.29) is 0 Å². The molecular weight excluding hydrogens is 229 g/mol.